The summed E-state index contributed by atoms with van der Waals surface area (Å²) in [7, 11) is 0. The van der Waals surface area contributed by atoms with Gasteiger partial charge in [-0.05, 0) is 11.8 Å². The van der Waals surface area contributed by atoms with Crippen molar-refractivity contribution in [1.82, 2.24) is 14.9 Å². The second-order valence-electron chi connectivity index (χ2n) is 5.91. The van der Waals surface area contributed by atoms with Gasteiger partial charge in [0.25, 0.3) is 0 Å². The maximum absolute atomic E-state index is 11.7. The maximum Gasteiger partial charge on any atom is 0.419 e. The van der Waals surface area contributed by atoms with Crippen LogP contribution >= 0.6 is 0 Å². The summed E-state index contributed by atoms with van der Waals surface area (Å²) in [5, 5.41) is 2.64. The quantitative estimate of drug-likeness (QED) is 0.836. The van der Waals surface area contributed by atoms with E-state index in [2.05, 4.69) is 10.3 Å². The average molecular weight is 311 g/mol. The number of hydrogen-bond donors (Lipinski definition) is 1. The van der Waals surface area contributed by atoms with E-state index in [-0.39, 0.29) is 5.92 Å². The Kier molecular flexibility index (Phi) is 7.42. The van der Waals surface area contributed by atoms with Gasteiger partial charge >= 0.3 is 12.2 Å². The maximum atomic E-state index is 11.7. The van der Waals surface area contributed by atoms with Crippen molar-refractivity contribution in [3.63, 3.8) is 0 Å². The number of hydrogen-bond acceptors (Lipinski definition) is 5. The van der Waals surface area contributed by atoms with Gasteiger partial charge < -0.3 is 14.8 Å². The predicted molar refractivity (Wildman–Crippen MR) is 81.7 cm³/mol. The van der Waals surface area contributed by atoms with Crippen LogP contribution in [0.1, 0.15) is 33.4 Å². The third kappa shape index (κ3) is 7.10. The highest BCUT2D eigenvalue weighted by Crippen LogP contribution is 2.01. The smallest absolute Gasteiger partial charge is 0.419 e. The topological polar surface area (TPSA) is 82.5 Å². The molecule has 7 nitrogen and oxygen atoms in total. The lowest BCUT2D eigenvalue weighted by molar-refractivity contribution is 0.132. The van der Waals surface area contributed by atoms with Gasteiger partial charge in [0.1, 0.15) is 6.33 Å². The van der Waals surface area contributed by atoms with Crippen LogP contribution in [0.3, 0.4) is 0 Å². The first-order valence-electron chi connectivity index (χ1n) is 7.49. The molecular weight excluding hydrogens is 286 g/mol. The average Bonchev–Trinajstić information content (AvgIpc) is 2.91. The van der Waals surface area contributed by atoms with Gasteiger partial charge in [0.05, 0.1) is 18.9 Å². The summed E-state index contributed by atoms with van der Waals surface area (Å²) in [5.74, 6) is 0.589. The summed E-state index contributed by atoms with van der Waals surface area (Å²) in [6.45, 7) is 9.04. The summed E-state index contributed by atoms with van der Waals surface area (Å²) in [6, 6.07) is 0. The molecule has 124 valence electrons. The van der Waals surface area contributed by atoms with Gasteiger partial charge in [0, 0.05) is 19.2 Å². The molecule has 0 unspecified atom stereocenters. The third-order valence-corrected chi connectivity index (χ3v) is 2.59. The highest BCUT2D eigenvalue weighted by atomic mass is 16.6. The number of nitrogens with one attached hydrogen (secondary N) is 1. The van der Waals surface area contributed by atoms with E-state index in [1.807, 2.05) is 27.7 Å². The molecular formula is C15H25N3O4. The minimum atomic E-state index is -0.447. The third-order valence-electron chi connectivity index (χ3n) is 2.59. The number of rotatable bonds is 7. The van der Waals surface area contributed by atoms with Gasteiger partial charge in [-0.2, -0.15) is 0 Å². The SMILES string of the molecule is CC(C)COC(=O)NCCc1cn(C(=O)OCC(C)C)cn1. The van der Waals surface area contributed by atoms with E-state index < -0.39 is 12.2 Å². The Morgan fingerprint density at radius 2 is 1.82 bits per heavy atom. The largest absolute Gasteiger partial charge is 0.449 e. The molecule has 0 atom stereocenters. The van der Waals surface area contributed by atoms with Crippen molar-refractivity contribution < 1.29 is 19.1 Å². The molecule has 0 aliphatic carbocycles. The molecule has 0 fully saturated rings. The molecule has 0 radical (unpaired) electrons. The van der Waals surface area contributed by atoms with Crippen molar-refractivity contribution >= 4 is 12.2 Å². The molecule has 1 N–H and O–H groups in total. The first kappa shape index (κ1) is 18.0. The van der Waals surface area contributed by atoms with Crippen molar-refractivity contribution in [1.29, 1.82) is 0 Å². The Morgan fingerprint density at radius 3 is 2.45 bits per heavy atom. The predicted octanol–water partition coefficient (Wildman–Crippen LogP) is 2.45. The fourth-order valence-electron chi connectivity index (χ4n) is 1.49. The molecule has 0 bridgehead atoms. The fraction of sp³-hybridized carbons (Fsp3) is 0.667. The lowest BCUT2D eigenvalue weighted by Gasteiger charge is -2.08. The number of aromatic nitrogens is 2. The van der Waals surface area contributed by atoms with Crippen LogP contribution in [0.5, 0.6) is 0 Å². The summed E-state index contributed by atoms with van der Waals surface area (Å²) in [4.78, 5) is 27.2. The van der Waals surface area contributed by atoms with E-state index in [1.54, 1.807) is 6.20 Å². The number of amides is 1. The lowest BCUT2D eigenvalue weighted by atomic mass is 10.2. The number of nitrogens with zero attached hydrogens (tertiary/aromatic N) is 2. The normalized spacial score (nSPS) is 10.8. The van der Waals surface area contributed by atoms with Gasteiger partial charge in [-0.15, -0.1) is 0 Å². The van der Waals surface area contributed by atoms with Crippen LogP contribution in [0, 0.1) is 11.8 Å². The second kappa shape index (κ2) is 9.07. The zero-order chi connectivity index (χ0) is 16.5. The van der Waals surface area contributed by atoms with Crippen LogP contribution in [0.25, 0.3) is 0 Å². The number of carbonyl (C=O) groups is 2. The zero-order valence-electron chi connectivity index (χ0n) is 13.7. The van der Waals surface area contributed by atoms with E-state index in [4.69, 9.17) is 9.47 Å². The Balaban J connectivity index is 2.30. The molecule has 0 aliphatic heterocycles. The van der Waals surface area contributed by atoms with Gasteiger partial charge in [0.15, 0.2) is 0 Å². The van der Waals surface area contributed by atoms with Crippen molar-refractivity contribution in [2.24, 2.45) is 11.8 Å². The Bertz CT molecular complexity index is 483. The van der Waals surface area contributed by atoms with E-state index >= 15 is 0 Å². The Hall–Kier alpha value is -2.05. The van der Waals surface area contributed by atoms with Crippen molar-refractivity contribution in [2.75, 3.05) is 19.8 Å². The summed E-state index contributed by atoms with van der Waals surface area (Å²) in [5.41, 5.74) is 0.700. The highest BCUT2D eigenvalue weighted by molar-refractivity contribution is 5.70. The molecule has 0 aliphatic rings. The van der Waals surface area contributed by atoms with E-state index in [9.17, 15) is 9.59 Å². The molecule has 1 aromatic rings. The van der Waals surface area contributed by atoms with E-state index in [0.717, 1.165) is 0 Å². The second-order valence-corrected chi connectivity index (χ2v) is 5.91. The molecule has 0 spiro atoms. The van der Waals surface area contributed by atoms with Crippen molar-refractivity contribution in [3.8, 4) is 0 Å². The van der Waals surface area contributed by atoms with E-state index in [1.165, 1.54) is 10.9 Å². The minimum absolute atomic E-state index is 0.285. The Labute approximate surface area is 131 Å². The monoisotopic (exact) mass is 311 g/mol. The summed E-state index contributed by atoms with van der Waals surface area (Å²) in [6.07, 6.45) is 2.64. The van der Waals surface area contributed by atoms with Gasteiger partial charge in [-0.25, -0.2) is 19.1 Å². The van der Waals surface area contributed by atoms with Crippen LogP contribution in [0.15, 0.2) is 12.5 Å². The van der Waals surface area contributed by atoms with Gasteiger partial charge in [-0.1, -0.05) is 27.7 Å². The number of ether oxygens (including phenoxy) is 2. The molecule has 0 saturated carbocycles. The number of alkyl carbamates (subject to hydrolysis) is 1. The standard InChI is InChI=1S/C15H25N3O4/c1-11(2)8-21-14(19)16-6-5-13-7-18(10-17-13)15(20)22-9-12(3)4/h7,10-12H,5-6,8-9H2,1-4H3,(H,16,19). The van der Waals surface area contributed by atoms with Crippen LogP contribution in [0.2, 0.25) is 0 Å². The first-order valence-corrected chi connectivity index (χ1v) is 7.49. The van der Waals surface area contributed by atoms with Crippen LogP contribution in [-0.4, -0.2) is 41.5 Å². The van der Waals surface area contributed by atoms with Crippen molar-refractivity contribution in [2.45, 2.75) is 34.1 Å². The first-order chi connectivity index (χ1) is 10.4. The van der Waals surface area contributed by atoms with Gasteiger partial charge in [0.2, 0.25) is 0 Å². The molecule has 22 heavy (non-hydrogen) atoms. The molecule has 1 heterocycles. The molecule has 0 aromatic carbocycles. The summed E-state index contributed by atoms with van der Waals surface area (Å²) < 4.78 is 11.4. The highest BCUT2D eigenvalue weighted by Gasteiger charge is 2.09. The van der Waals surface area contributed by atoms with Gasteiger partial charge in [-0.3, -0.25) is 0 Å². The summed E-state index contributed by atoms with van der Waals surface area (Å²) >= 11 is 0. The molecule has 1 aromatic heterocycles. The molecule has 0 saturated heterocycles. The number of imidazole rings is 1. The minimum Gasteiger partial charge on any atom is -0.449 e. The molecule has 1 rings (SSSR count). The van der Waals surface area contributed by atoms with Crippen LogP contribution in [0.4, 0.5) is 9.59 Å². The lowest BCUT2D eigenvalue weighted by Crippen LogP contribution is -2.27. The molecule has 1 amide bonds. The Morgan fingerprint density at radius 1 is 1.18 bits per heavy atom. The van der Waals surface area contributed by atoms with Crippen molar-refractivity contribution in [3.05, 3.63) is 18.2 Å². The van der Waals surface area contributed by atoms with E-state index in [0.29, 0.717) is 37.8 Å². The fourth-order valence-corrected chi connectivity index (χ4v) is 1.49. The number of carbonyl (C=O) groups excluding carboxylic acids is 2. The van der Waals surface area contributed by atoms with Crippen LogP contribution < -0.4 is 5.32 Å². The zero-order valence-corrected chi connectivity index (χ0v) is 13.7. The van der Waals surface area contributed by atoms with Crippen LogP contribution in [-0.2, 0) is 15.9 Å². The molecule has 7 heteroatoms.